The number of hydrogen-bond acceptors (Lipinski definition) is 16. The Hall–Kier alpha value is -6.32. The molecule has 1 aliphatic carbocycles. The number of unbranched alkanes of at least 4 members (excludes halogenated alkanes) is 4. The summed E-state index contributed by atoms with van der Waals surface area (Å²) in [5.41, 5.74) is 5.14. The number of aromatic nitrogens is 6. The Morgan fingerprint density at radius 1 is 0.880 bits per heavy atom. The Labute approximate surface area is 439 Å². The molecule has 3 aliphatic heterocycles. The highest BCUT2D eigenvalue weighted by Gasteiger charge is 2.44. The summed E-state index contributed by atoms with van der Waals surface area (Å²) in [6, 6.07) is 7.67. The fourth-order valence-corrected chi connectivity index (χ4v) is 11.4. The molecule has 1 unspecified atom stereocenters. The van der Waals surface area contributed by atoms with Crippen LogP contribution in [0.3, 0.4) is 0 Å². The van der Waals surface area contributed by atoms with Crippen molar-refractivity contribution in [3.05, 3.63) is 76.7 Å². The molecule has 400 valence electrons. The Morgan fingerprint density at radius 2 is 1.65 bits per heavy atom. The first-order valence-corrected chi connectivity index (χ1v) is 28.0. The molecule has 2 N–H and O–H groups in total. The molecule has 5 aromatic rings. The van der Waals surface area contributed by atoms with Crippen LogP contribution in [0.25, 0.3) is 17.2 Å². The van der Waals surface area contributed by atoms with Crippen molar-refractivity contribution in [1.29, 1.82) is 0 Å². The topological polar surface area (TPSA) is 249 Å². The van der Waals surface area contributed by atoms with E-state index in [9.17, 15) is 28.5 Å². The van der Waals surface area contributed by atoms with E-state index in [1.54, 1.807) is 29.0 Å². The number of imide groups is 1. The van der Waals surface area contributed by atoms with Crippen LogP contribution in [0.1, 0.15) is 137 Å². The molecule has 4 aliphatic rings. The van der Waals surface area contributed by atoms with E-state index in [-0.39, 0.29) is 61.2 Å². The van der Waals surface area contributed by atoms with Gasteiger partial charge in [-0.05, 0) is 74.8 Å². The van der Waals surface area contributed by atoms with Gasteiger partial charge in [0.15, 0.2) is 5.65 Å². The second kappa shape index (κ2) is 24.6. The monoisotopic (exact) mass is 1070 g/mol. The SMILES string of the molecule is CCCCOP(=O)(OCCCC)OCN1C(=O)CCC(N2Cc3cc(N4CCN(C(=O)CCCCCc5nc(-c6ncc(NC(=O)Nc7cnc8ccnn8c7C7CCCC7)cc6Cl)no5)CC4)ccc3C2=O)C1=O. The number of benzene rings is 1. The van der Waals surface area contributed by atoms with Crippen molar-refractivity contribution >= 4 is 71.8 Å². The summed E-state index contributed by atoms with van der Waals surface area (Å²) >= 11 is 6.60. The number of hydrogen-bond donors (Lipinski definition) is 2. The van der Waals surface area contributed by atoms with Gasteiger partial charge in [-0.25, -0.2) is 23.8 Å². The molecule has 1 saturated carbocycles. The maximum atomic E-state index is 13.8. The molecule has 9 rings (SSSR count). The van der Waals surface area contributed by atoms with Crippen LogP contribution in [-0.2, 0) is 45.5 Å². The number of likely N-dealkylation sites (tertiary alicyclic amines) is 1. The number of pyridine rings is 1. The molecule has 4 aromatic heterocycles. The number of phosphoric ester groups is 1. The highest BCUT2D eigenvalue weighted by molar-refractivity contribution is 7.48. The lowest BCUT2D eigenvalue weighted by Crippen LogP contribution is -2.55. The van der Waals surface area contributed by atoms with Gasteiger partial charge < -0.3 is 29.9 Å². The van der Waals surface area contributed by atoms with E-state index < -0.39 is 38.4 Å². The van der Waals surface area contributed by atoms with Crippen LogP contribution in [0.2, 0.25) is 5.02 Å². The number of amides is 6. The molecular weight excluding hydrogens is 1010 g/mol. The Balaban J connectivity index is 0.693. The maximum Gasteiger partial charge on any atom is 0.476 e. The summed E-state index contributed by atoms with van der Waals surface area (Å²) in [7, 11) is -4.05. The van der Waals surface area contributed by atoms with Gasteiger partial charge in [-0.2, -0.15) is 10.1 Å². The van der Waals surface area contributed by atoms with Gasteiger partial charge in [0.05, 0.1) is 53.9 Å². The molecular formula is C51H64ClN12O10P. The number of carbonyl (C=O) groups is 5. The van der Waals surface area contributed by atoms with Crippen LogP contribution >= 0.6 is 19.4 Å². The number of halogens is 1. The molecule has 22 nitrogen and oxygen atoms in total. The van der Waals surface area contributed by atoms with Crippen molar-refractivity contribution < 1.29 is 46.6 Å². The third-order valence-corrected chi connectivity index (χ3v) is 15.8. The Morgan fingerprint density at radius 3 is 2.40 bits per heavy atom. The largest absolute Gasteiger partial charge is 0.476 e. The normalized spacial score (nSPS) is 17.4. The van der Waals surface area contributed by atoms with E-state index in [0.29, 0.717) is 86.8 Å². The summed E-state index contributed by atoms with van der Waals surface area (Å²) in [6.07, 6.45) is 15.3. The predicted octanol–water partition coefficient (Wildman–Crippen LogP) is 8.77. The van der Waals surface area contributed by atoms with Crippen molar-refractivity contribution in [2.24, 2.45) is 0 Å². The van der Waals surface area contributed by atoms with Gasteiger partial charge in [0, 0.05) is 75.2 Å². The Bertz CT molecular complexity index is 2910. The number of nitrogens with one attached hydrogen (secondary N) is 2. The van der Waals surface area contributed by atoms with Crippen LogP contribution in [-0.4, -0.2) is 126 Å². The second-order valence-corrected chi connectivity index (χ2v) is 21.4. The highest BCUT2D eigenvalue weighted by atomic mass is 35.5. The van der Waals surface area contributed by atoms with Crippen molar-refractivity contribution in [2.45, 2.75) is 129 Å². The summed E-state index contributed by atoms with van der Waals surface area (Å²) in [5, 5.41) is 14.5. The molecule has 1 atom stereocenters. The molecule has 6 amide bonds. The first-order valence-electron chi connectivity index (χ1n) is 26.2. The molecule has 24 heteroatoms. The van der Waals surface area contributed by atoms with Gasteiger partial charge >= 0.3 is 13.9 Å². The minimum absolute atomic E-state index is 0.00903. The second-order valence-electron chi connectivity index (χ2n) is 19.3. The molecule has 3 fully saturated rings. The average Bonchev–Trinajstić information content (AvgIpc) is 4.27. The standard InChI is InChI=1S/C51H64ClN12O10P/c1-3-5-26-71-75(70,72-27-6-4-2)73-33-63-45(66)19-18-41(50(63)68)62-32-35-28-37(16-17-38(35)49(62)67)60-22-24-61(25-23-60)44(65)15-9-7-8-14-43-58-48(59-74-43)46-39(52)29-36(30-54-46)56-51(69)57-40-31-53-42-20-21-55-64(42)47(40)34-12-10-11-13-34/h16-17,20-21,28-31,34,41H,3-15,18-19,22-27,32-33H2,1-2H3,(H2,56,57,69). The Kier molecular flexibility index (Phi) is 17.5. The number of anilines is 3. The number of fused-ring (bicyclic) bond motifs is 2. The number of carbonyl (C=O) groups excluding carboxylic acids is 5. The van der Waals surface area contributed by atoms with Gasteiger partial charge in [0.25, 0.3) is 11.8 Å². The number of piperazine rings is 1. The third kappa shape index (κ3) is 12.7. The molecule has 0 spiro atoms. The van der Waals surface area contributed by atoms with Crippen LogP contribution < -0.4 is 15.5 Å². The zero-order chi connectivity index (χ0) is 52.5. The number of urea groups is 1. The fourth-order valence-electron chi connectivity index (χ4n) is 9.99. The van der Waals surface area contributed by atoms with E-state index in [1.807, 2.05) is 36.9 Å². The van der Waals surface area contributed by atoms with Gasteiger partial charge in [-0.1, -0.05) is 62.7 Å². The molecule has 75 heavy (non-hydrogen) atoms. The number of aryl methyl sites for hydroxylation is 1. The van der Waals surface area contributed by atoms with E-state index in [4.69, 9.17) is 29.7 Å². The van der Waals surface area contributed by atoms with Gasteiger partial charge in [0.2, 0.25) is 23.5 Å². The van der Waals surface area contributed by atoms with Crippen LogP contribution in [0.4, 0.5) is 21.9 Å². The minimum Gasteiger partial charge on any atom is -0.368 e. The maximum absolute atomic E-state index is 13.8. The van der Waals surface area contributed by atoms with E-state index in [2.05, 4.69) is 40.7 Å². The summed E-state index contributed by atoms with van der Waals surface area (Å²) in [6.45, 7) is 6.13. The first-order chi connectivity index (χ1) is 36.4. The third-order valence-electron chi connectivity index (χ3n) is 14.1. The minimum atomic E-state index is -4.05. The lowest BCUT2D eigenvalue weighted by molar-refractivity contribution is -0.156. The fraction of sp³-hybridized carbons (Fsp3) is 0.529. The quantitative estimate of drug-likeness (QED) is 0.0352. The highest BCUT2D eigenvalue weighted by Crippen LogP contribution is 2.50. The summed E-state index contributed by atoms with van der Waals surface area (Å²) < 4.78 is 37.2. The van der Waals surface area contributed by atoms with Crippen molar-refractivity contribution in [3.8, 4) is 11.5 Å². The molecule has 2 saturated heterocycles. The van der Waals surface area contributed by atoms with Gasteiger partial charge in [-0.3, -0.25) is 37.6 Å². The molecule has 0 bridgehead atoms. The van der Waals surface area contributed by atoms with Gasteiger partial charge in [0.1, 0.15) is 18.5 Å². The van der Waals surface area contributed by atoms with Crippen LogP contribution in [0.15, 0.2) is 53.4 Å². The average molecular weight is 1070 g/mol. The van der Waals surface area contributed by atoms with E-state index in [0.717, 1.165) is 78.9 Å². The van der Waals surface area contributed by atoms with E-state index >= 15 is 0 Å². The molecule has 1 aromatic carbocycles. The summed E-state index contributed by atoms with van der Waals surface area (Å²) in [4.78, 5) is 86.6. The lowest BCUT2D eigenvalue weighted by atomic mass is 10.0. The molecule has 7 heterocycles. The predicted molar refractivity (Wildman–Crippen MR) is 277 cm³/mol. The first kappa shape index (κ1) is 53.5. The number of nitrogens with zero attached hydrogens (tertiary/aromatic N) is 10. The van der Waals surface area contributed by atoms with Crippen molar-refractivity contribution in [3.63, 3.8) is 0 Å². The van der Waals surface area contributed by atoms with Gasteiger partial charge in [-0.15, -0.1) is 0 Å². The van der Waals surface area contributed by atoms with E-state index in [1.165, 1.54) is 11.1 Å². The van der Waals surface area contributed by atoms with Crippen molar-refractivity contribution in [2.75, 3.05) is 61.7 Å². The lowest BCUT2D eigenvalue weighted by Gasteiger charge is -2.36. The van der Waals surface area contributed by atoms with Crippen LogP contribution in [0.5, 0.6) is 0 Å². The zero-order valence-corrected chi connectivity index (χ0v) is 44.1. The number of phosphoric acid groups is 1. The number of rotatable bonds is 23. The zero-order valence-electron chi connectivity index (χ0n) is 42.4. The summed E-state index contributed by atoms with van der Waals surface area (Å²) in [5.74, 6) is -0.368. The smallest absolute Gasteiger partial charge is 0.368 e. The molecule has 0 radical (unpaired) electrons. The van der Waals surface area contributed by atoms with Crippen molar-refractivity contribution in [1.82, 2.24) is 44.4 Å². The van der Waals surface area contributed by atoms with Crippen LogP contribution in [0, 0.1) is 0 Å². The number of piperidine rings is 1.